The van der Waals surface area contributed by atoms with Crippen molar-refractivity contribution in [3.63, 3.8) is 0 Å². The Bertz CT molecular complexity index is 680. The topological polar surface area (TPSA) is 35.8 Å². The van der Waals surface area contributed by atoms with Gasteiger partial charge in [-0.15, -0.1) is 0 Å². The van der Waals surface area contributed by atoms with E-state index in [9.17, 15) is 4.39 Å². The van der Waals surface area contributed by atoms with Crippen molar-refractivity contribution in [1.82, 2.24) is 0 Å². The summed E-state index contributed by atoms with van der Waals surface area (Å²) < 4.78 is 13.5. The lowest BCUT2D eigenvalue weighted by molar-refractivity contribution is 0.624. The molecule has 0 saturated heterocycles. The van der Waals surface area contributed by atoms with Crippen LogP contribution in [0.5, 0.6) is 0 Å². The third kappa shape index (κ3) is 3.04. The summed E-state index contributed by atoms with van der Waals surface area (Å²) in [5.41, 5.74) is 1.78. The van der Waals surface area contributed by atoms with Crippen molar-refractivity contribution in [2.75, 3.05) is 5.32 Å². The van der Waals surface area contributed by atoms with E-state index in [-0.39, 0.29) is 11.1 Å². The molecule has 2 aromatic carbocycles. The number of nitrogens with zero attached hydrogens (tertiary/aromatic N) is 1. The monoisotopic (exact) mass is 308 g/mol. The SMILES string of the molecule is CC(Nc1ccccc1C#N)c1cc(F)c(Cl)cc1Cl. The Morgan fingerprint density at radius 3 is 2.60 bits per heavy atom. The van der Waals surface area contributed by atoms with Crippen LogP contribution in [-0.2, 0) is 0 Å². The Morgan fingerprint density at radius 1 is 1.20 bits per heavy atom. The average Bonchev–Trinajstić information content (AvgIpc) is 2.43. The van der Waals surface area contributed by atoms with Gasteiger partial charge in [-0.2, -0.15) is 5.26 Å². The molecular formula is C15H11Cl2FN2. The molecule has 1 N–H and O–H groups in total. The van der Waals surface area contributed by atoms with Gasteiger partial charge in [-0.1, -0.05) is 35.3 Å². The van der Waals surface area contributed by atoms with Gasteiger partial charge in [0.15, 0.2) is 0 Å². The molecule has 5 heteroatoms. The van der Waals surface area contributed by atoms with Gasteiger partial charge in [0.1, 0.15) is 11.9 Å². The van der Waals surface area contributed by atoms with Crippen molar-refractivity contribution in [2.45, 2.75) is 13.0 Å². The van der Waals surface area contributed by atoms with Gasteiger partial charge in [0.05, 0.1) is 22.3 Å². The molecule has 20 heavy (non-hydrogen) atoms. The van der Waals surface area contributed by atoms with Crippen LogP contribution in [0.1, 0.15) is 24.1 Å². The minimum absolute atomic E-state index is 0.0108. The van der Waals surface area contributed by atoms with E-state index in [0.717, 1.165) is 0 Å². The molecule has 0 amide bonds. The lowest BCUT2D eigenvalue weighted by Gasteiger charge is -2.18. The van der Waals surface area contributed by atoms with Crippen molar-refractivity contribution in [2.24, 2.45) is 0 Å². The zero-order chi connectivity index (χ0) is 14.7. The Hall–Kier alpha value is -1.76. The van der Waals surface area contributed by atoms with Gasteiger partial charge in [-0.3, -0.25) is 0 Å². The van der Waals surface area contributed by atoms with Gasteiger partial charge in [-0.25, -0.2) is 4.39 Å². The predicted molar refractivity (Wildman–Crippen MR) is 79.6 cm³/mol. The third-order valence-electron chi connectivity index (χ3n) is 2.93. The summed E-state index contributed by atoms with van der Waals surface area (Å²) in [4.78, 5) is 0. The van der Waals surface area contributed by atoms with Crippen LogP contribution in [-0.4, -0.2) is 0 Å². The second-order valence-electron chi connectivity index (χ2n) is 4.31. The van der Waals surface area contributed by atoms with Gasteiger partial charge in [0, 0.05) is 5.02 Å². The van der Waals surface area contributed by atoms with Crippen LogP contribution in [0.4, 0.5) is 10.1 Å². The van der Waals surface area contributed by atoms with Crippen LogP contribution >= 0.6 is 23.2 Å². The van der Waals surface area contributed by atoms with E-state index >= 15 is 0 Å². The van der Waals surface area contributed by atoms with E-state index in [2.05, 4.69) is 11.4 Å². The number of halogens is 3. The van der Waals surface area contributed by atoms with Crippen LogP contribution in [0.25, 0.3) is 0 Å². The summed E-state index contributed by atoms with van der Waals surface area (Å²) in [6, 6.07) is 11.6. The number of rotatable bonds is 3. The van der Waals surface area contributed by atoms with Crippen molar-refractivity contribution in [1.29, 1.82) is 5.26 Å². The quantitative estimate of drug-likeness (QED) is 0.793. The molecule has 2 aromatic rings. The van der Waals surface area contributed by atoms with Gasteiger partial charge >= 0.3 is 0 Å². The highest BCUT2D eigenvalue weighted by molar-refractivity contribution is 6.35. The van der Waals surface area contributed by atoms with Crippen molar-refractivity contribution >= 4 is 28.9 Å². The fourth-order valence-electron chi connectivity index (χ4n) is 1.89. The van der Waals surface area contributed by atoms with Gasteiger partial charge in [0.25, 0.3) is 0 Å². The maximum atomic E-state index is 13.5. The maximum absolute atomic E-state index is 13.5. The maximum Gasteiger partial charge on any atom is 0.142 e. The van der Waals surface area contributed by atoms with Crippen molar-refractivity contribution < 1.29 is 4.39 Å². The predicted octanol–water partition coefficient (Wildman–Crippen LogP) is 5.18. The molecule has 0 saturated carbocycles. The zero-order valence-corrected chi connectivity index (χ0v) is 12.1. The number of hydrogen-bond acceptors (Lipinski definition) is 2. The molecule has 0 aliphatic rings. The Morgan fingerprint density at radius 2 is 1.90 bits per heavy atom. The highest BCUT2D eigenvalue weighted by atomic mass is 35.5. The minimum atomic E-state index is -0.520. The summed E-state index contributed by atoms with van der Waals surface area (Å²) in [6.07, 6.45) is 0. The fraction of sp³-hybridized carbons (Fsp3) is 0.133. The second-order valence-corrected chi connectivity index (χ2v) is 5.13. The third-order valence-corrected chi connectivity index (χ3v) is 3.54. The van der Waals surface area contributed by atoms with E-state index < -0.39 is 5.82 Å². The largest absolute Gasteiger partial charge is 0.377 e. The van der Waals surface area contributed by atoms with Crippen LogP contribution < -0.4 is 5.32 Å². The molecule has 0 spiro atoms. The van der Waals surface area contributed by atoms with Crippen molar-refractivity contribution in [3.8, 4) is 6.07 Å². The first-order chi connectivity index (χ1) is 9.52. The van der Waals surface area contributed by atoms with Crippen LogP contribution in [0.3, 0.4) is 0 Å². The summed E-state index contributed by atoms with van der Waals surface area (Å²) in [5.74, 6) is -0.520. The molecule has 0 aromatic heterocycles. The lowest BCUT2D eigenvalue weighted by atomic mass is 10.1. The second kappa shape index (κ2) is 6.13. The highest BCUT2D eigenvalue weighted by Crippen LogP contribution is 2.31. The molecule has 0 heterocycles. The molecule has 0 radical (unpaired) electrons. The fourth-order valence-corrected chi connectivity index (χ4v) is 2.43. The number of para-hydroxylation sites is 1. The Kier molecular flexibility index (Phi) is 4.49. The number of hydrogen-bond donors (Lipinski definition) is 1. The normalized spacial score (nSPS) is 11.8. The molecule has 0 fully saturated rings. The summed E-state index contributed by atoms with van der Waals surface area (Å²) in [7, 11) is 0. The molecule has 0 bridgehead atoms. The minimum Gasteiger partial charge on any atom is -0.377 e. The molecular weight excluding hydrogens is 298 g/mol. The highest BCUT2D eigenvalue weighted by Gasteiger charge is 2.14. The molecule has 2 nitrogen and oxygen atoms in total. The van der Waals surface area contributed by atoms with E-state index in [4.69, 9.17) is 28.5 Å². The summed E-state index contributed by atoms with van der Waals surface area (Å²) >= 11 is 11.8. The molecule has 0 aliphatic heterocycles. The van der Waals surface area contributed by atoms with Gasteiger partial charge in [0.2, 0.25) is 0 Å². The van der Waals surface area contributed by atoms with E-state index in [1.807, 2.05) is 13.0 Å². The molecule has 0 aliphatic carbocycles. The van der Waals surface area contributed by atoms with Crippen LogP contribution in [0, 0.1) is 17.1 Å². The number of nitriles is 1. The molecule has 1 atom stereocenters. The summed E-state index contributed by atoms with van der Waals surface area (Å²) in [6.45, 7) is 1.84. The number of nitrogens with one attached hydrogen (secondary N) is 1. The molecule has 102 valence electrons. The van der Waals surface area contributed by atoms with Crippen LogP contribution in [0.15, 0.2) is 36.4 Å². The van der Waals surface area contributed by atoms with E-state index in [1.54, 1.807) is 18.2 Å². The van der Waals surface area contributed by atoms with E-state index in [0.29, 0.717) is 21.8 Å². The average molecular weight is 309 g/mol. The first-order valence-corrected chi connectivity index (χ1v) is 6.68. The first-order valence-electron chi connectivity index (χ1n) is 5.93. The van der Waals surface area contributed by atoms with Gasteiger partial charge in [-0.05, 0) is 36.8 Å². The smallest absolute Gasteiger partial charge is 0.142 e. The van der Waals surface area contributed by atoms with Crippen LogP contribution in [0.2, 0.25) is 10.0 Å². The molecule has 1 unspecified atom stereocenters. The Labute approximate surface area is 126 Å². The zero-order valence-electron chi connectivity index (χ0n) is 10.6. The molecule has 2 rings (SSSR count). The van der Waals surface area contributed by atoms with Gasteiger partial charge < -0.3 is 5.32 Å². The van der Waals surface area contributed by atoms with E-state index in [1.165, 1.54) is 12.1 Å². The number of benzene rings is 2. The Balaban J connectivity index is 2.31. The standard InChI is InChI=1S/C15H11Cl2FN2/c1-9(11-6-14(18)13(17)7-12(11)16)20-15-5-3-2-4-10(15)8-19/h2-7,9,20H,1H3. The lowest BCUT2D eigenvalue weighted by Crippen LogP contribution is -2.09. The van der Waals surface area contributed by atoms with Crippen molar-refractivity contribution in [3.05, 3.63) is 63.4 Å². The number of anilines is 1. The summed E-state index contributed by atoms with van der Waals surface area (Å²) in [5, 5.41) is 12.6. The first kappa shape index (κ1) is 14.6.